The van der Waals surface area contributed by atoms with E-state index in [2.05, 4.69) is 0 Å². The van der Waals surface area contributed by atoms with Gasteiger partial charge in [-0.25, -0.2) is 0 Å². The number of ether oxygens (including phenoxy) is 1. The Labute approximate surface area is 163 Å². The smallest absolute Gasteiger partial charge is 0.418 e. The van der Waals surface area contributed by atoms with Gasteiger partial charge in [0.15, 0.2) is 6.10 Å². The van der Waals surface area contributed by atoms with Crippen LogP contribution in [0.15, 0.2) is 48.5 Å². The number of carbonyl (C=O) groups excluding carboxylic acids is 2. The third-order valence-electron chi connectivity index (χ3n) is 3.92. The molecule has 10 heteroatoms. The first kappa shape index (κ1) is 21.9. The second-order valence-corrected chi connectivity index (χ2v) is 6.09. The topological polar surface area (TPSA) is 98.5 Å². The summed E-state index contributed by atoms with van der Waals surface area (Å²) in [5, 5.41) is 12.7. The Hall–Kier alpha value is -3.43. The Morgan fingerprint density at radius 3 is 2.41 bits per heavy atom. The Morgan fingerprint density at radius 2 is 1.83 bits per heavy atom. The molecule has 29 heavy (non-hydrogen) atoms. The van der Waals surface area contributed by atoms with Crippen LogP contribution in [0.1, 0.15) is 24.5 Å². The summed E-state index contributed by atoms with van der Waals surface area (Å²) in [4.78, 5) is 33.7. The van der Waals surface area contributed by atoms with Crippen molar-refractivity contribution in [2.45, 2.75) is 32.0 Å². The van der Waals surface area contributed by atoms with E-state index in [-0.39, 0.29) is 6.42 Å². The highest BCUT2D eigenvalue weighted by Crippen LogP contribution is 2.37. The van der Waals surface area contributed by atoms with Gasteiger partial charge in [-0.1, -0.05) is 30.3 Å². The van der Waals surface area contributed by atoms with Crippen molar-refractivity contribution < 1.29 is 32.4 Å². The molecule has 2 aromatic rings. The van der Waals surface area contributed by atoms with Crippen LogP contribution in [-0.2, 0) is 26.9 Å². The van der Waals surface area contributed by atoms with Gasteiger partial charge in [-0.3, -0.25) is 19.7 Å². The number of nitro groups is 1. The van der Waals surface area contributed by atoms with E-state index in [4.69, 9.17) is 4.74 Å². The zero-order valence-corrected chi connectivity index (χ0v) is 15.2. The molecular weight excluding hydrogens is 393 g/mol. The normalized spacial score (nSPS) is 12.1. The summed E-state index contributed by atoms with van der Waals surface area (Å²) in [5.74, 6) is -1.67. The molecule has 1 N–H and O–H groups in total. The van der Waals surface area contributed by atoms with Gasteiger partial charge in [0.25, 0.3) is 11.6 Å². The van der Waals surface area contributed by atoms with Gasteiger partial charge in [0.05, 0.1) is 16.2 Å². The number of nitrogens with zero attached hydrogens (tertiary/aromatic N) is 1. The largest absolute Gasteiger partial charge is 0.453 e. The van der Waals surface area contributed by atoms with Gasteiger partial charge in [-0.2, -0.15) is 13.2 Å². The first-order valence-corrected chi connectivity index (χ1v) is 8.48. The second kappa shape index (κ2) is 9.18. The first-order chi connectivity index (χ1) is 13.6. The van der Waals surface area contributed by atoms with E-state index in [1.54, 1.807) is 12.1 Å². The molecule has 2 rings (SSSR count). The fourth-order valence-corrected chi connectivity index (χ4v) is 2.42. The molecule has 0 aliphatic heterocycles. The summed E-state index contributed by atoms with van der Waals surface area (Å²) < 4.78 is 44.4. The van der Waals surface area contributed by atoms with Crippen molar-refractivity contribution >= 4 is 23.3 Å². The van der Waals surface area contributed by atoms with Crippen LogP contribution in [0.4, 0.5) is 24.5 Å². The number of carbonyl (C=O) groups is 2. The number of alkyl halides is 3. The molecule has 1 atom stereocenters. The minimum Gasteiger partial charge on any atom is -0.453 e. The third-order valence-corrected chi connectivity index (χ3v) is 3.92. The maximum atomic E-state index is 13.2. The van der Waals surface area contributed by atoms with Crippen LogP contribution in [0.5, 0.6) is 0 Å². The Kier molecular flexibility index (Phi) is 6.92. The lowest BCUT2D eigenvalue weighted by Crippen LogP contribution is -2.30. The zero-order valence-electron chi connectivity index (χ0n) is 15.2. The third kappa shape index (κ3) is 6.30. The molecular formula is C19H17F3N2O5. The highest BCUT2D eigenvalue weighted by molar-refractivity contribution is 5.96. The maximum absolute atomic E-state index is 13.2. The Balaban J connectivity index is 2.01. The number of amides is 1. The number of nitro benzene ring substituents is 1. The minimum atomic E-state index is -4.93. The lowest BCUT2D eigenvalue weighted by molar-refractivity contribution is -0.385. The van der Waals surface area contributed by atoms with Crippen LogP contribution in [0, 0.1) is 10.1 Å². The van der Waals surface area contributed by atoms with Gasteiger partial charge in [0.1, 0.15) is 0 Å². The predicted octanol–water partition coefficient (Wildman–Crippen LogP) is 4.12. The number of halogens is 3. The number of nitrogens with one attached hydrogen (secondary N) is 1. The van der Waals surface area contributed by atoms with Crippen molar-refractivity contribution in [3.63, 3.8) is 0 Å². The van der Waals surface area contributed by atoms with Crippen LogP contribution in [-0.4, -0.2) is 22.9 Å². The molecule has 0 aromatic heterocycles. The predicted molar refractivity (Wildman–Crippen MR) is 97.0 cm³/mol. The molecule has 2 aromatic carbocycles. The SMILES string of the molecule is C[C@@H](OC(=O)CCc1ccccc1)C(=O)Nc1ccc([N+](=O)[O-])cc1C(F)(F)F. The number of hydrogen-bond donors (Lipinski definition) is 1. The van der Waals surface area contributed by atoms with E-state index in [0.717, 1.165) is 17.7 Å². The summed E-state index contributed by atoms with van der Waals surface area (Å²) >= 11 is 0. The van der Waals surface area contributed by atoms with Gasteiger partial charge in [0, 0.05) is 18.6 Å². The molecule has 0 bridgehead atoms. The summed E-state index contributed by atoms with van der Waals surface area (Å²) in [6.07, 6.45) is -5.90. The van der Waals surface area contributed by atoms with Gasteiger partial charge < -0.3 is 10.1 Å². The number of esters is 1. The van der Waals surface area contributed by atoms with Gasteiger partial charge in [0.2, 0.25) is 0 Å². The van der Waals surface area contributed by atoms with E-state index in [0.29, 0.717) is 12.5 Å². The second-order valence-electron chi connectivity index (χ2n) is 6.09. The molecule has 1 amide bonds. The molecule has 0 radical (unpaired) electrons. The minimum absolute atomic E-state index is 0.00698. The number of anilines is 1. The fraction of sp³-hybridized carbons (Fsp3) is 0.263. The number of rotatable bonds is 7. The zero-order chi connectivity index (χ0) is 21.6. The molecule has 0 aliphatic carbocycles. The molecule has 0 spiro atoms. The number of aryl methyl sites for hydroxylation is 1. The number of benzene rings is 2. The first-order valence-electron chi connectivity index (χ1n) is 8.48. The van der Waals surface area contributed by atoms with Crippen molar-refractivity contribution in [2.75, 3.05) is 5.32 Å². The van der Waals surface area contributed by atoms with Crippen LogP contribution in [0.3, 0.4) is 0 Å². The summed E-state index contributed by atoms with van der Waals surface area (Å²) in [7, 11) is 0. The molecule has 0 saturated carbocycles. The highest BCUT2D eigenvalue weighted by Gasteiger charge is 2.36. The summed E-state index contributed by atoms with van der Waals surface area (Å²) in [6, 6.07) is 11.0. The highest BCUT2D eigenvalue weighted by atomic mass is 19.4. The molecule has 154 valence electrons. The van der Waals surface area contributed by atoms with Crippen molar-refractivity contribution in [3.8, 4) is 0 Å². The monoisotopic (exact) mass is 410 g/mol. The van der Waals surface area contributed by atoms with Crippen molar-refractivity contribution in [2.24, 2.45) is 0 Å². The standard InChI is InChI=1S/C19H17F3N2O5/c1-12(29-17(25)10-7-13-5-3-2-4-6-13)18(26)23-16-9-8-14(24(27)28)11-15(16)19(20,21)22/h2-6,8-9,11-12H,7,10H2,1H3,(H,23,26)/t12-/m1/s1. The molecule has 0 fully saturated rings. The average molecular weight is 410 g/mol. The summed E-state index contributed by atoms with van der Waals surface area (Å²) in [5.41, 5.74) is -1.92. The average Bonchev–Trinajstić information content (AvgIpc) is 2.66. The summed E-state index contributed by atoms with van der Waals surface area (Å²) in [6.45, 7) is 1.22. The number of hydrogen-bond acceptors (Lipinski definition) is 5. The molecule has 7 nitrogen and oxygen atoms in total. The van der Waals surface area contributed by atoms with E-state index < -0.39 is 46.0 Å². The van der Waals surface area contributed by atoms with E-state index >= 15 is 0 Å². The van der Waals surface area contributed by atoms with E-state index in [1.807, 2.05) is 23.5 Å². The van der Waals surface area contributed by atoms with E-state index in [9.17, 15) is 32.9 Å². The van der Waals surface area contributed by atoms with Crippen molar-refractivity contribution in [1.29, 1.82) is 0 Å². The van der Waals surface area contributed by atoms with Gasteiger partial charge in [-0.15, -0.1) is 0 Å². The van der Waals surface area contributed by atoms with Crippen LogP contribution >= 0.6 is 0 Å². The molecule has 0 aliphatic rings. The Bertz CT molecular complexity index is 900. The van der Waals surface area contributed by atoms with Crippen LogP contribution in [0.25, 0.3) is 0 Å². The molecule has 0 saturated heterocycles. The van der Waals surface area contributed by atoms with E-state index in [1.165, 1.54) is 6.92 Å². The molecule has 0 unspecified atom stereocenters. The fourth-order valence-electron chi connectivity index (χ4n) is 2.42. The molecule has 0 heterocycles. The quantitative estimate of drug-likeness (QED) is 0.421. The Morgan fingerprint density at radius 1 is 1.17 bits per heavy atom. The van der Waals surface area contributed by atoms with Gasteiger partial charge >= 0.3 is 12.1 Å². The van der Waals surface area contributed by atoms with Crippen molar-refractivity contribution in [3.05, 3.63) is 69.8 Å². The lowest BCUT2D eigenvalue weighted by Gasteiger charge is -2.17. The van der Waals surface area contributed by atoms with Crippen molar-refractivity contribution in [1.82, 2.24) is 0 Å². The van der Waals surface area contributed by atoms with Crippen LogP contribution < -0.4 is 5.32 Å². The van der Waals surface area contributed by atoms with Gasteiger partial charge in [-0.05, 0) is 25.0 Å². The van der Waals surface area contributed by atoms with Crippen LogP contribution in [0.2, 0.25) is 0 Å². The number of non-ortho nitro benzene ring substituents is 1. The maximum Gasteiger partial charge on any atom is 0.418 e. The lowest BCUT2D eigenvalue weighted by atomic mass is 10.1.